The van der Waals surface area contributed by atoms with Gasteiger partial charge in [-0.1, -0.05) is 86.6 Å². The summed E-state index contributed by atoms with van der Waals surface area (Å²) in [7, 11) is 0. The van der Waals surface area contributed by atoms with Crippen molar-refractivity contribution in [3.63, 3.8) is 0 Å². The highest BCUT2D eigenvalue weighted by atomic mass is 16.6. The number of epoxide rings is 2. The van der Waals surface area contributed by atoms with Crippen molar-refractivity contribution in [3.05, 3.63) is 175 Å². The van der Waals surface area contributed by atoms with Crippen molar-refractivity contribution in [1.29, 1.82) is 0 Å². The molecule has 2 heterocycles. The smallest absolute Gasteiger partial charge is 0.133 e. The number of hydrogen-bond donors (Lipinski definition) is 0. The van der Waals surface area contributed by atoms with Gasteiger partial charge in [0.1, 0.15) is 59.9 Å². The lowest BCUT2D eigenvalue weighted by Crippen LogP contribution is -2.20. The van der Waals surface area contributed by atoms with E-state index in [1.807, 2.05) is 0 Å². The van der Waals surface area contributed by atoms with Crippen LogP contribution in [0.4, 0.5) is 0 Å². The molecule has 0 aromatic heterocycles. The predicted octanol–water partition coefficient (Wildman–Crippen LogP) is 13.4. The van der Waals surface area contributed by atoms with E-state index in [1.54, 1.807) is 0 Å². The Hall–Kier alpha value is -5.56. The van der Waals surface area contributed by atoms with Gasteiger partial charge < -0.3 is 28.4 Å². The number of rotatable bonds is 14. The minimum atomic E-state index is -0.265. The van der Waals surface area contributed by atoms with Crippen LogP contribution in [0.2, 0.25) is 0 Å². The van der Waals surface area contributed by atoms with Gasteiger partial charge in [-0.2, -0.15) is 0 Å². The minimum absolute atomic E-state index is 0.263. The molecule has 0 bridgehead atoms. The monoisotopic (exact) mass is 788 g/mol. The van der Waals surface area contributed by atoms with Crippen LogP contribution in [0.15, 0.2) is 97.1 Å². The molecule has 6 aromatic rings. The van der Waals surface area contributed by atoms with Crippen molar-refractivity contribution >= 4 is 0 Å². The lowest BCUT2D eigenvalue weighted by atomic mass is 9.76. The summed E-state index contributed by atoms with van der Waals surface area (Å²) in [5.74, 6) is 5.16. The molecule has 59 heavy (non-hydrogen) atoms. The van der Waals surface area contributed by atoms with E-state index >= 15 is 0 Å². The Balaban J connectivity index is 0.935. The van der Waals surface area contributed by atoms with E-state index < -0.39 is 0 Å². The Bertz CT molecular complexity index is 2240. The highest BCUT2D eigenvalue weighted by molar-refractivity contribution is 5.55. The number of benzene rings is 6. The zero-order valence-electron chi connectivity index (χ0n) is 36.2. The molecule has 0 amide bonds. The van der Waals surface area contributed by atoms with Crippen LogP contribution in [0.3, 0.4) is 0 Å². The van der Waals surface area contributed by atoms with E-state index in [0.29, 0.717) is 13.2 Å². The number of aryl methyl sites for hydroxylation is 8. The highest BCUT2D eigenvalue weighted by Crippen LogP contribution is 2.42. The molecular weight excluding hydrogens is 733 g/mol. The third-order valence-electron chi connectivity index (χ3n) is 11.8. The van der Waals surface area contributed by atoms with Crippen molar-refractivity contribution in [2.45, 2.75) is 100 Å². The van der Waals surface area contributed by atoms with E-state index in [9.17, 15) is 0 Å². The minimum Gasteiger partial charge on any atom is -0.488 e. The second-order valence-corrected chi connectivity index (χ2v) is 17.2. The van der Waals surface area contributed by atoms with Gasteiger partial charge in [-0.15, -0.1) is 0 Å². The molecule has 8 rings (SSSR count). The third kappa shape index (κ3) is 8.90. The maximum Gasteiger partial charge on any atom is 0.133 e. The Morgan fingerprint density at radius 3 is 1.02 bits per heavy atom. The topological polar surface area (TPSA) is 62.0 Å². The van der Waals surface area contributed by atoms with Crippen molar-refractivity contribution in [2.24, 2.45) is 0 Å². The SMILES string of the molecule is Cc1cc(Oc2c(C)cc(C(C)(C)c3cc(C)c(Oc4cc(C)c(OCc5ccc(C6CO6)cc5)c(C)c4)c(C)c3)cc2C)cc(C)c1OCc1ccc(C2CO2)cc1. The molecule has 0 spiro atoms. The summed E-state index contributed by atoms with van der Waals surface area (Å²) < 4.78 is 36.7. The first-order chi connectivity index (χ1) is 28.2. The summed E-state index contributed by atoms with van der Waals surface area (Å²) in [6.45, 7) is 24.1. The molecule has 2 fully saturated rings. The molecule has 6 nitrogen and oxygen atoms in total. The summed E-state index contributed by atoms with van der Waals surface area (Å²) in [4.78, 5) is 0. The fourth-order valence-electron chi connectivity index (χ4n) is 8.19. The van der Waals surface area contributed by atoms with E-state index in [2.05, 4.69) is 166 Å². The fraction of sp³-hybridized carbons (Fsp3) is 0.321. The Morgan fingerprint density at radius 1 is 0.441 bits per heavy atom. The second kappa shape index (κ2) is 16.2. The highest BCUT2D eigenvalue weighted by Gasteiger charge is 2.28. The van der Waals surface area contributed by atoms with Crippen LogP contribution in [-0.4, -0.2) is 13.2 Å². The van der Waals surface area contributed by atoms with Gasteiger partial charge in [-0.3, -0.25) is 0 Å². The van der Waals surface area contributed by atoms with Crippen LogP contribution in [0.5, 0.6) is 34.5 Å². The maximum absolute atomic E-state index is 6.62. The summed E-state index contributed by atoms with van der Waals surface area (Å²) in [6.07, 6.45) is 0.526. The quantitative estimate of drug-likeness (QED) is 0.102. The molecule has 304 valence electrons. The van der Waals surface area contributed by atoms with Gasteiger partial charge in [0.05, 0.1) is 13.2 Å². The van der Waals surface area contributed by atoms with Crippen LogP contribution in [0.1, 0.15) is 104 Å². The molecule has 2 unspecified atom stereocenters. The Labute approximate surface area is 350 Å². The zero-order valence-corrected chi connectivity index (χ0v) is 36.2. The lowest BCUT2D eigenvalue weighted by molar-refractivity contribution is 0.301. The number of ether oxygens (including phenoxy) is 6. The van der Waals surface area contributed by atoms with Crippen molar-refractivity contribution in [2.75, 3.05) is 13.2 Å². The van der Waals surface area contributed by atoms with Crippen LogP contribution in [0.25, 0.3) is 0 Å². The first-order valence-electron chi connectivity index (χ1n) is 20.7. The molecule has 2 saturated heterocycles. The van der Waals surface area contributed by atoms with Gasteiger partial charge in [0.25, 0.3) is 0 Å². The third-order valence-corrected chi connectivity index (χ3v) is 11.8. The molecule has 6 aromatic carbocycles. The average Bonchev–Trinajstić information content (AvgIpc) is 4.12. The van der Waals surface area contributed by atoms with Gasteiger partial charge in [0, 0.05) is 5.41 Å². The Morgan fingerprint density at radius 2 is 0.729 bits per heavy atom. The molecule has 6 heteroatoms. The van der Waals surface area contributed by atoms with Crippen molar-refractivity contribution < 1.29 is 28.4 Å². The lowest BCUT2D eigenvalue weighted by Gasteiger charge is -2.29. The zero-order chi connectivity index (χ0) is 41.6. The summed E-state index contributed by atoms with van der Waals surface area (Å²) in [5.41, 5.74) is 15.5. The van der Waals surface area contributed by atoms with Gasteiger partial charge in [0.2, 0.25) is 0 Å². The molecule has 0 radical (unpaired) electrons. The largest absolute Gasteiger partial charge is 0.488 e. The second-order valence-electron chi connectivity index (χ2n) is 17.2. The van der Waals surface area contributed by atoms with Gasteiger partial charge in [-0.25, -0.2) is 0 Å². The molecule has 0 N–H and O–H groups in total. The summed E-state index contributed by atoms with van der Waals surface area (Å²) in [5, 5.41) is 0. The first kappa shape index (κ1) is 40.2. The van der Waals surface area contributed by atoms with Crippen LogP contribution < -0.4 is 18.9 Å². The standard InChI is InChI=1S/C53H56O6/c1-31-19-43(20-32(2)51(31)58-45-23-35(5)49(36(6)24-45)56-27-39-11-15-41(16-12-39)47-29-54-47)53(9,10)44-21-33(3)52(34(4)22-44)59-46-25-37(7)50(38(8)26-46)57-28-40-13-17-42(18-14-40)48-30-55-48/h11-26,47-48H,27-30H2,1-10H3. The normalized spacial score (nSPS) is 15.8. The van der Waals surface area contributed by atoms with E-state index in [-0.39, 0.29) is 17.6 Å². The Kier molecular flexibility index (Phi) is 11.1. The summed E-state index contributed by atoms with van der Waals surface area (Å²) >= 11 is 0. The molecule has 2 aliphatic rings. The van der Waals surface area contributed by atoms with E-state index in [0.717, 1.165) is 103 Å². The fourth-order valence-corrected chi connectivity index (χ4v) is 8.19. The van der Waals surface area contributed by atoms with Gasteiger partial charge in [0.15, 0.2) is 0 Å². The summed E-state index contributed by atoms with van der Waals surface area (Å²) in [6, 6.07) is 34.3. The van der Waals surface area contributed by atoms with E-state index in [1.165, 1.54) is 22.3 Å². The average molecular weight is 789 g/mol. The predicted molar refractivity (Wildman–Crippen MR) is 235 cm³/mol. The molecule has 2 atom stereocenters. The molecule has 0 aliphatic carbocycles. The molecular formula is C53H56O6. The van der Waals surface area contributed by atoms with Crippen molar-refractivity contribution in [3.8, 4) is 34.5 Å². The van der Waals surface area contributed by atoms with Gasteiger partial charge >= 0.3 is 0 Å². The van der Waals surface area contributed by atoms with Gasteiger partial charge in [-0.05, 0) is 158 Å². The van der Waals surface area contributed by atoms with E-state index in [4.69, 9.17) is 28.4 Å². The number of hydrogen-bond acceptors (Lipinski definition) is 6. The van der Waals surface area contributed by atoms with Crippen LogP contribution >= 0.6 is 0 Å². The van der Waals surface area contributed by atoms with Crippen LogP contribution in [-0.2, 0) is 28.1 Å². The molecule has 2 aliphatic heterocycles. The molecule has 0 saturated carbocycles. The van der Waals surface area contributed by atoms with Crippen LogP contribution in [0, 0.1) is 55.4 Å². The maximum atomic E-state index is 6.62. The first-order valence-corrected chi connectivity index (χ1v) is 20.7. The van der Waals surface area contributed by atoms with Crippen molar-refractivity contribution in [1.82, 2.24) is 0 Å².